The van der Waals surface area contributed by atoms with Crippen molar-refractivity contribution in [3.63, 3.8) is 0 Å². The Hall–Kier alpha value is -1.61. The van der Waals surface area contributed by atoms with Gasteiger partial charge in [0, 0.05) is 19.2 Å². The molecule has 1 saturated carbocycles. The first-order valence-electron chi connectivity index (χ1n) is 10.7. The number of anilines is 1. The topological polar surface area (TPSA) is 15.3 Å². The molecule has 3 rings (SSSR count). The lowest BCUT2D eigenvalue weighted by Crippen LogP contribution is -2.42. The highest BCUT2D eigenvalue weighted by Gasteiger charge is 2.35. The van der Waals surface area contributed by atoms with E-state index in [1.54, 1.807) is 13.8 Å². The number of nitrogens with zero attached hydrogens (tertiary/aromatic N) is 1. The second kappa shape index (κ2) is 7.67. The molecule has 2 nitrogen and oxygen atoms in total. The zero-order chi connectivity index (χ0) is 20.7. The van der Waals surface area contributed by atoms with Crippen LogP contribution in [0.4, 0.5) is 10.1 Å². The predicted molar refractivity (Wildman–Crippen MR) is 120 cm³/mol. The molecule has 1 unspecified atom stereocenters. The predicted octanol–water partition coefficient (Wildman–Crippen LogP) is 6.35. The van der Waals surface area contributed by atoms with Crippen molar-refractivity contribution < 1.29 is 4.39 Å². The van der Waals surface area contributed by atoms with Gasteiger partial charge >= 0.3 is 0 Å². The molecule has 28 heavy (non-hydrogen) atoms. The average molecular weight is 385 g/mol. The molecule has 1 N–H and O–H groups in total. The minimum Gasteiger partial charge on any atom is -0.310 e. The van der Waals surface area contributed by atoms with E-state index in [1.807, 2.05) is 13.1 Å². The SMILES string of the molecule is C=Cc1cc2c(c(N(C)NCC(C)(C)F)c1/C=C(\C)C1CC1)CC(C)(CC)C2. The Morgan fingerprint density at radius 1 is 1.39 bits per heavy atom. The number of benzene rings is 1. The van der Waals surface area contributed by atoms with Gasteiger partial charge in [-0.25, -0.2) is 9.82 Å². The molecule has 0 aliphatic heterocycles. The van der Waals surface area contributed by atoms with Gasteiger partial charge in [-0.1, -0.05) is 50.6 Å². The number of halogens is 1. The Morgan fingerprint density at radius 3 is 2.61 bits per heavy atom. The molecule has 1 fully saturated rings. The van der Waals surface area contributed by atoms with Gasteiger partial charge in [0.05, 0.1) is 5.69 Å². The van der Waals surface area contributed by atoms with Crippen LogP contribution in [0.15, 0.2) is 18.2 Å². The van der Waals surface area contributed by atoms with Gasteiger partial charge < -0.3 is 5.01 Å². The molecule has 1 aromatic carbocycles. The molecule has 1 atom stereocenters. The third kappa shape index (κ3) is 4.51. The van der Waals surface area contributed by atoms with Gasteiger partial charge in [-0.2, -0.15) is 0 Å². The summed E-state index contributed by atoms with van der Waals surface area (Å²) >= 11 is 0. The molecule has 2 aliphatic rings. The number of alkyl halides is 1. The van der Waals surface area contributed by atoms with E-state index < -0.39 is 5.67 Å². The highest BCUT2D eigenvalue weighted by Crippen LogP contribution is 2.47. The summed E-state index contributed by atoms with van der Waals surface area (Å²) in [5.41, 5.74) is 10.2. The van der Waals surface area contributed by atoms with Crippen molar-refractivity contribution in [3.05, 3.63) is 40.5 Å². The maximum absolute atomic E-state index is 14.2. The highest BCUT2D eigenvalue weighted by molar-refractivity contribution is 5.81. The maximum Gasteiger partial charge on any atom is 0.119 e. The van der Waals surface area contributed by atoms with Crippen LogP contribution in [0.1, 0.15) is 76.1 Å². The zero-order valence-electron chi connectivity index (χ0n) is 18.6. The van der Waals surface area contributed by atoms with Gasteiger partial charge in [-0.05, 0) is 74.5 Å². The Kier molecular flexibility index (Phi) is 5.78. The van der Waals surface area contributed by atoms with Crippen molar-refractivity contribution in [3.8, 4) is 0 Å². The van der Waals surface area contributed by atoms with E-state index in [-0.39, 0.29) is 6.54 Å². The second-order valence-electron chi connectivity index (χ2n) is 9.86. The van der Waals surface area contributed by atoms with Crippen LogP contribution >= 0.6 is 0 Å². The molecule has 0 spiro atoms. The summed E-state index contributed by atoms with van der Waals surface area (Å²) < 4.78 is 14.2. The molecule has 0 bridgehead atoms. The molecular weight excluding hydrogens is 347 g/mol. The lowest BCUT2D eigenvalue weighted by atomic mass is 9.84. The molecule has 0 saturated heterocycles. The van der Waals surface area contributed by atoms with E-state index >= 15 is 0 Å². The molecule has 154 valence electrons. The number of allylic oxidation sites excluding steroid dienone is 1. The van der Waals surface area contributed by atoms with Crippen molar-refractivity contribution in [2.45, 2.75) is 72.4 Å². The minimum absolute atomic E-state index is 0.284. The summed E-state index contributed by atoms with van der Waals surface area (Å²) in [6.07, 6.45) is 10.2. The average Bonchev–Trinajstić information content (AvgIpc) is 3.41. The van der Waals surface area contributed by atoms with Gasteiger partial charge in [0.1, 0.15) is 5.67 Å². The first-order chi connectivity index (χ1) is 13.1. The Labute approximate surface area is 170 Å². The van der Waals surface area contributed by atoms with Crippen LogP contribution in [0.5, 0.6) is 0 Å². The number of hydrogen-bond donors (Lipinski definition) is 1. The Bertz CT molecular complexity index is 783. The Balaban J connectivity index is 2.11. The molecule has 2 aliphatic carbocycles. The van der Waals surface area contributed by atoms with Crippen LogP contribution in [-0.2, 0) is 12.8 Å². The van der Waals surface area contributed by atoms with E-state index in [2.05, 4.69) is 49.9 Å². The standard InChI is InChI=1S/C25H37FN2/c1-8-18-13-20-14-25(6,9-2)15-22(20)23(28(7)27-16-24(4,5)26)21(18)12-17(3)19-10-11-19/h8,12-13,19,27H,1,9-11,14-16H2,2-7H3/b17-12+. The monoisotopic (exact) mass is 384 g/mol. The quantitative estimate of drug-likeness (QED) is 0.526. The third-order valence-electron chi connectivity index (χ3n) is 6.53. The summed E-state index contributed by atoms with van der Waals surface area (Å²) in [5.74, 6) is 0.725. The van der Waals surface area contributed by atoms with Gasteiger partial charge in [0.15, 0.2) is 0 Å². The summed E-state index contributed by atoms with van der Waals surface area (Å²) in [7, 11) is 2.03. The fourth-order valence-electron chi connectivity index (χ4n) is 4.33. The van der Waals surface area contributed by atoms with Crippen molar-refractivity contribution in [2.75, 3.05) is 18.6 Å². The Morgan fingerprint density at radius 2 is 2.07 bits per heavy atom. The smallest absolute Gasteiger partial charge is 0.119 e. The molecule has 0 amide bonds. The molecular formula is C25H37FN2. The minimum atomic E-state index is -1.26. The van der Waals surface area contributed by atoms with Gasteiger partial charge in [-0.3, -0.25) is 0 Å². The molecule has 0 radical (unpaired) electrons. The molecule has 0 aromatic heterocycles. The zero-order valence-corrected chi connectivity index (χ0v) is 18.6. The molecule has 0 heterocycles. The van der Waals surface area contributed by atoms with E-state index in [9.17, 15) is 4.39 Å². The highest BCUT2D eigenvalue weighted by atomic mass is 19.1. The first-order valence-corrected chi connectivity index (χ1v) is 10.7. The van der Waals surface area contributed by atoms with Gasteiger partial charge in [-0.15, -0.1) is 0 Å². The van der Waals surface area contributed by atoms with Gasteiger partial charge in [0.25, 0.3) is 0 Å². The largest absolute Gasteiger partial charge is 0.310 e. The fraction of sp³-hybridized carbons (Fsp3) is 0.600. The van der Waals surface area contributed by atoms with Crippen molar-refractivity contribution >= 4 is 17.8 Å². The second-order valence-corrected chi connectivity index (χ2v) is 9.86. The number of rotatable bonds is 8. The molecule has 1 aromatic rings. The number of hydrazine groups is 1. The van der Waals surface area contributed by atoms with E-state index in [4.69, 9.17) is 0 Å². The number of hydrogen-bond acceptors (Lipinski definition) is 2. The molecule has 3 heteroatoms. The lowest BCUT2D eigenvalue weighted by molar-refractivity contribution is 0.209. The van der Waals surface area contributed by atoms with Crippen LogP contribution in [-0.4, -0.2) is 19.3 Å². The normalized spacial score (nSPS) is 22.3. The van der Waals surface area contributed by atoms with Crippen molar-refractivity contribution in [1.82, 2.24) is 5.43 Å². The van der Waals surface area contributed by atoms with Crippen molar-refractivity contribution in [1.29, 1.82) is 0 Å². The maximum atomic E-state index is 14.2. The van der Waals surface area contributed by atoms with E-state index in [1.165, 1.54) is 46.4 Å². The van der Waals surface area contributed by atoms with E-state index in [0.717, 1.165) is 25.2 Å². The van der Waals surface area contributed by atoms with Crippen LogP contribution in [0.3, 0.4) is 0 Å². The van der Waals surface area contributed by atoms with Crippen molar-refractivity contribution in [2.24, 2.45) is 11.3 Å². The van der Waals surface area contributed by atoms with Crippen LogP contribution in [0.25, 0.3) is 12.2 Å². The number of fused-ring (bicyclic) bond motifs is 1. The summed E-state index contributed by atoms with van der Waals surface area (Å²) in [6.45, 7) is 14.5. The summed E-state index contributed by atoms with van der Waals surface area (Å²) in [4.78, 5) is 0. The fourth-order valence-corrected chi connectivity index (χ4v) is 4.33. The van der Waals surface area contributed by atoms with Crippen LogP contribution in [0.2, 0.25) is 0 Å². The summed E-state index contributed by atoms with van der Waals surface area (Å²) in [6, 6.07) is 2.34. The third-order valence-corrected chi connectivity index (χ3v) is 6.53. The van der Waals surface area contributed by atoms with Crippen LogP contribution in [0, 0.1) is 11.3 Å². The number of nitrogens with one attached hydrogen (secondary N) is 1. The first kappa shape index (κ1) is 21.1. The van der Waals surface area contributed by atoms with E-state index in [0.29, 0.717) is 5.41 Å². The van der Waals surface area contributed by atoms with Crippen LogP contribution < -0.4 is 10.4 Å². The lowest BCUT2D eigenvalue weighted by Gasteiger charge is -2.29. The van der Waals surface area contributed by atoms with Gasteiger partial charge in [0.2, 0.25) is 0 Å². The summed E-state index contributed by atoms with van der Waals surface area (Å²) in [5, 5.41) is 2.06.